The first-order valence-corrected chi connectivity index (χ1v) is 10.9. The van der Waals surface area contributed by atoms with Crippen LogP contribution in [0.4, 0.5) is 0 Å². The van der Waals surface area contributed by atoms with Gasteiger partial charge >= 0.3 is 0 Å². The molecule has 0 radical (unpaired) electrons. The number of imidazole rings is 1. The number of nitrogens with zero attached hydrogens (tertiary/aromatic N) is 3. The minimum atomic E-state index is 0.150. The molecule has 29 heavy (non-hydrogen) atoms. The molecular weight excluding hydrogens is 378 g/mol. The maximum absolute atomic E-state index is 13.0. The molecule has 4 aromatic rings. The zero-order chi connectivity index (χ0) is 20.4. The molecule has 0 fully saturated rings. The van der Waals surface area contributed by atoms with Crippen LogP contribution in [0.5, 0.6) is 0 Å². The van der Waals surface area contributed by atoms with Gasteiger partial charge < -0.3 is 4.57 Å². The first kappa shape index (κ1) is 19.5. The number of fused-ring (bicyclic) bond motifs is 1. The highest BCUT2D eigenvalue weighted by Gasteiger charge is 2.18. The Labute approximate surface area is 175 Å². The normalized spacial score (nSPS) is 11.3. The Bertz CT molecular complexity index is 1160. The van der Waals surface area contributed by atoms with Gasteiger partial charge in [-0.2, -0.15) is 0 Å². The second-order valence-corrected chi connectivity index (χ2v) is 8.14. The van der Waals surface area contributed by atoms with E-state index in [1.54, 1.807) is 0 Å². The van der Waals surface area contributed by atoms with Crippen LogP contribution in [0.1, 0.15) is 35.1 Å². The number of Topliss-reactive ketones (excluding diaryl/α,β-unsaturated/α-hetero) is 1. The van der Waals surface area contributed by atoms with Gasteiger partial charge in [0, 0.05) is 29.2 Å². The molecule has 0 spiro atoms. The van der Waals surface area contributed by atoms with Crippen LogP contribution in [0.25, 0.3) is 16.7 Å². The standard InChI is InChI=1S/C24H25N3OS/c1-4-14-26-17(2)15-20(18(26)3)23(28)16-29-24-25-21-12-8-9-13-22(21)27(24)19-10-6-5-7-11-19/h5-13,15H,4,14,16H2,1-3H3. The summed E-state index contributed by atoms with van der Waals surface area (Å²) in [4.78, 5) is 17.8. The van der Waals surface area contributed by atoms with E-state index in [1.165, 1.54) is 11.8 Å². The Hall–Kier alpha value is -2.79. The van der Waals surface area contributed by atoms with Crippen molar-refractivity contribution >= 4 is 28.6 Å². The smallest absolute Gasteiger partial charge is 0.175 e. The number of thioether (sulfide) groups is 1. The molecule has 0 amide bonds. The van der Waals surface area contributed by atoms with Crippen LogP contribution in [0.2, 0.25) is 0 Å². The molecule has 2 aromatic carbocycles. The SMILES string of the molecule is CCCn1c(C)cc(C(=O)CSc2nc3ccccc3n2-c2ccccc2)c1C. The number of carbonyl (C=O) groups excluding carboxylic acids is 1. The average Bonchev–Trinajstić information content (AvgIpc) is 3.25. The second-order valence-electron chi connectivity index (χ2n) is 7.20. The predicted molar refractivity (Wildman–Crippen MR) is 120 cm³/mol. The molecule has 2 aromatic heterocycles. The van der Waals surface area contributed by atoms with Crippen molar-refractivity contribution in [1.29, 1.82) is 0 Å². The summed E-state index contributed by atoms with van der Waals surface area (Å²) >= 11 is 1.50. The van der Waals surface area contributed by atoms with Crippen LogP contribution >= 0.6 is 11.8 Å². The third-order valence-corrected chi connectivity index (χ3v) is 6.14. The maximum atomic E-state index is 13.0. The highest BCUT2D eigenvalue weighted by molar-refractivity contribution is 7.99. The molecule has 0 N–H and O–H groups in total. The number of hydrogen-bond acceptors (Lipinski definition) is 3. The maximum Gasteiger partial charge on any atom is 0.175 e. The number of hydrogen-bond donors (Lipinski definition) is 0. The van der Waals surface area contributed by atoms with Gasteiger partial charge in [-0.1, -0.05) is 49.0 Å². The van der Waals surface area contributed by atoms with Gasteiger partial charge in [0.25, 0.3) is 0 Å². The number of carbonyl (C=O) groups is 1. The number of ketones is 1. The van der Waals surface area contributed by atoms with E-state index >= 15 is 0 Å². The molecule has 0 bridgehead atoms. The molecular formula is C24H25N3OS. The Kier molecular flexibility index (Phi) is 5.58. The molecule has 0 aliphatic heterocycles. The van der Waals surface area contributed by atoms with Crippen molar-refractivity contribution in [2.45, 2.75) is 38.9 Å². The van der Waals surface area contributed by atoms with Crippen molar-refractivity contribution in [2.24, 2.45) is 0 Å². The Balaban J connectivity index is 1.64. The number of benzene rings is 2. The van der Waals surface area contributed by atoms with E-state index in [2.05, 4.69) is 41.2 Å². The van der Waals surface area contributed by atoms with Gasteiger partial charge in [0.2, 0.25) is 0 Å². The van der Waals surface area contributed by atoms with Gasteiger partial charge in [0.05, 0.1) is 16.8 Å². The van der Waals surface area contributed by atoms with Gasteiger partial charge in [-0.25, -0.2) is 4.98 Å². The number of rotatable bonds is 7. The lowest BCUT2D eigenvalue weighted by molar-refractivity contribution is 0.102. The summed E-state index contributed by atoms with van der Waals surface area (Å²) < 4.78 is 4.37. The van der Waals surface area contributed by atoms with Gasteiger partial charge in [-0.05, 0) is 50.6 Å². The van der Waals surface area contributed by atoms with Crippen molar-refractivity contribution in [1.82, 2.24) is 14.1 Å². The fourth-order valence-corrected chi connectivity index (χ4v) is 4.70. The zero-order valence-electron chi connectivity index (χ0n) is 17.1. The number of aromatic nitrogens is 3. The van der Waals surface area contributed by atoms with Crippen molar-refractivity contribution in [3.63, 3.8) is 0 Å². The molecule has 4 rings (SSSR count). The van der Waals surface area contributed by atoms with Crippen LogP contribution in [0.3, 0.4) is 0 Å². The molecule has 0 atom stereocenters. The molecule has 148 valence electrons. The average molecular weight is 404 g/mol. The van der Waals surface area contributed by atoms with Crippen LogP contribution in [0.15, 0.2) is 65.8 Å². The number of aryl methyl sites for hydroxylation is 1. The van der Waals surface area contributed by atoms with Crippen molar-refractivity contribution in [2.75, 3.05) is 5.75 Å². The molecule has 0 aliphatic carbocycles. The predicted octanol–water partition coefficient (Wildman–Crippen LogP) is 5.83. The third kappa shape index (κ3) is 3.75. The lowest BCUT2D eigenvalue weighted by Crippen LogP contribution is -2.07. The summed E-state index contributed by atoms with van der Waals surface area (Å²) in [6, 6.07) is 20.3. The van der Waals surface area contributed by atoms with E-state index < -0.39 is 0 Å². The largest absolute Gasteiger partial charge is 0.348 e. The minimum absolute atomic E-state index is 0.150. The van der Waals surface area contributed by atoms with Crippen LogP contribution < -0.4 is 0 Å². The fraction of sp³-hybridized carbons (Fsp3) is 0.250. The van der Waals surface area contributed by atoms with E-state index in [9.17, 15) is 4.79 Å². The summed E-state index contributed by atoms with van der Waals surface area (Å²) in [6.45, 7) is 7.22. The molecule has 0 saturated heterocycles. The minimum Gasteiger partial charge on any atom is -0.348 e. The summed E-state index contributed by atoms with van der Waals surface area (Å²) in [5.41, 5.74) is 6.08. The van der Waals surface area contributed by atoms with E-state index in [0.29, 0.717) is 5.75 Å². The Morgan fingerprint density at radius 1 is 1.03 bits per heavy atom. The van der Waals surface area contributed by atoms with E-state index in [-0.39, 0.29) is 5.78 Å². The molecule has 0 saturated carbocycles. The van der Waals surface area contributed by atoms with E-state index in [4.69, 9.17) is 4.98 Å². The molecule has 2 heterocycles. The number of para-hydroxylation sites is 3. The van der Waals surface area contributed by atoms with Gasteiger partial charge in [-0.3, -0.25) is 9.36 Å². The topological polar surface area (TPSA) is 39.8 Å². The summed E-state index contributed by atoms with van der Waals surface area (Å²) in [5.74, 6) is 0.518. The highest BCUT2D eigenvalue weighted by Crippen LogP contribution is 2.29. The Morgan fingerprint density at radius 2 is 1.76 bits per heavy atom. The fourth-order valence-electron chi connectivity index (χ4n) is 3.79. The van der Waals surface area contributed by atoms with Crippen LogP contribution in [-0.2, 0) is 6.54 Å². The summed E-state index contributed by atoms with van der Waals surface area (Å²) in [7, 11) is 0. The molecule has 4 nitrogen and oxygen atoms in total. The van der Waals surface area contributed by atoms with Gasteiger partial charge in [0.15, 0.2) is 10.9 Å². The first-order chi connectivity index (χ1) is 14.1. The first-order valence-electron chi connectivity index (χ1n) is 9.95. The lowest BCUT2D eigenvalue weighted by Gasteiger charge is -2.09. The monoisotopic (exact) mass is 403 g/mol. The Morgan fingerprint density at radius 3 is 2.52 bits per heavy atom. The zero-order valence-corrected chi connectivity index (χ0v) is 17.9. The summed E-state index contributed by atoms with van der Waals surface area (Å²) in [5, 5.41) is 0.841. The second kappa shape index (κ2) is 8.29. The van der Waals surface area contributed by atoms with E-state index in [1.807, 2.05) is 49.4 Å². The quantitative estimate of drug-likeness (QED) is 0.288. The van der Waals surface area contributed by atoms with Crippen molar-refractivity contribution < 1.29 is 4.79 Å². The van der Waals surface area contributed by atoms with Crippen molar-refractivity contribution in [3.05, 3.63) is 77.6 Å². The molecule has 0 aliphatic rings. The lowest BCUT2D eigenvalue weighted by atomic mass is 10.2. The third-order valence-electron chi connectivity index (χ3n) is 5.20. The van der Waals surface area contributed by atoms with Crippen LogP contribution in [0, 0.1) is 13.8 Å². The summed E-state index contributed by atoms with van der Waals surface area (Å²) in [6.07, 6.45) is 1.06. The van der Waals surface area contributed by atoms with Crippen LogP contribution in [-0.4, -0.2) is 25.7 Å². The molecule has 5 heteroatoms. The van der Waals surface area contributed by atoms with E-state index in [0.717, 1.165) is 51.8 Å². The van der Waals surface area contributed by atoms with Gasteiger partial charge in [0.1, 0.15) is 0 Å². The highest BCUT2D eigenvalue weighted by atomic mass is 32.2. The van der Waals surface area contributed by atoms with Gasteiger partial charge in [-0.15, -0.1) is 0 Å². The van der Waals surface area contributed by atoms with Crippen molar-refractivity contribution in [3.8, 4) is 5.69 Å². The molecule has 0 unspecified atom stereocenters.